The summed E-state index contributed by atoms with van der Waals surface area (Å²) in [6.45, 7) is 7.13. The van der Waals surface area contributed by atoms with Crippen molar-refractivity contribution in [2.45, 2.75) is 44.6 Å². The first-order valence-corrected chi connectivity index (χ1v) is 11.5. The topological polar surface area (TPSA) is 114 Å². The molecule has 2 aromatic carbocycles. The Bertz CT molecular complexity index is 1080. The third-order valence-corrected chi connectivity index (χ3v) is 5.59. The van der Waals surface area contributed by atoms with E-state index in [0.717, 1.165) is 0 Å². The highest BCUT2D eigenvalue weighted by Gasteiger charge is 2.17. The van der Waals surface area contributed by atoms with Crippen molar-refractivity contribution in [1.29, 1.82) is 0 Å². The predicted molar refractivity (Wildman–Crippen MR) is 120 cm³/mol. The minimum Gasteiger partial charge on any atom is -0.444 e. The number of nitrogens with one attached hydrogen (secondary N) is 3. The number of aryl methyl sites for hydroxylation is 1. The van der Waals surface area contributed by atoms with Crippen molar-refractivity contribution < 1.29 is 27.1 Å². The van der Waals surface area contributed by atoms with Gasteiger partial charge in [-0.15, -0.1) is 0 Å². The maximum absolute atomic E-state index is 13.4. The first-order chi connectivity index (χ1) is 14.9. The number of hydrogen-bond acceptors (Lipinski definition) is 5. The third kappa shape index (κ3) is 7.93. The standard InChI is InChI=1S/C22H28FN3O5S/c1-15-13-17(9-10-19(15)23)26-20(27)16-7-5-8-18(14-16)32(29,30)25-12-6-11-24-21(28)31-22(2,3)4/h5,7-10,13-14,25H,6,11-12H2,1-4H3,(H,24,28)(H,26,27). The van der Waals surface area contributed by atoms with Crippen LogP contribution in [-0.4, -0.2) is 39.1 Å². The van der Waals surface area contributed by atoms with Crippen LogP contribution >= 0.6 is 0 Å². The molecule has 32 heavy (non-hydrogen) atoms. The molecule has 0 unspecified atom stereocenters. The van der Waals surface area contributed by atoms with Gasteiger partial charge in [-0.05, 0) is 76.1 Å². The summed E-state index contributed by atoms with van der Waals surface area (Å²) in [4.78, 5) is 24.0. The highest BCUT2D eigenvalue weighted by atomic mass is 32.2. The number of benzene rings is 2. The summed E-state index contributed by atoms with van der Waals surface area (Å²) < 4.78 is 46.0. The van der Waals surface area contributed by atoms with Crippen LogP contribution in [0.25, 0.3) is 0 Å². The normalized spacial score (nSPS) is 11.7. The molecule has 0 spiro atoms. The molecule has 8 nitrogen and oxygen atoms in total. The molecule has 0 saturated carbocycles. The van der Waals surface area contributed by atoms with E-state index in [1.165, 1.54) is 42.5 Å². The van der Waals surface area contributed by atoms with Crippen molar-refractivity contribution in [1.82, 2.24) is 10.0 Å². The smallest absolute Gasteiger partial charge is 0.407 e. The summed E-state index contributed by atoms with van der Waals surface area (Å²) in [5.74, 6) is -0.905. The lowest BCUT2D eigenvalue weighted by atomic mass is 10.2. The van der Waals surface area contributed by atoms with E-state index in [4.69, 9.17) is 4.74 Å². The first-order valence-electron chi connectivity index (χ1n) is 10.0. The van der Waals surface area contributed by atoms with Gasteiger partial charge >= 0.3 is 6.09 Å². The van der Waals surface area contributed by atoms with Crippen LogP contribution in [0.4, 0.5) is 14.9 Å². The summed E-state index contributed by atoms with van der Waals surface area (Å²) in [6, 6.07) is 9.73. The molecule has 0 aliphatic carbocycles. The van der Waals surface area contributed by atoms with E-state index < -0.39 is 27.6 Å². The molecule has 0 aliphatic rings. The molecule has 2 amide bonds. The van der Waals surface area contributed by atoms with Gasteiger partial charge in [-0.2, -0.15) is 0 Å². The van der Waals surface area contributed by atoms with E-state index in [-0.39, 0.29) is 29.4 Å². The van der Waals surface area contributed by atoms with Crippen LogP contribution < -0.4 is 15.4 Å². The molecule has 0 atom stereocenters. The molecule has 0 fully saturated rings. The number of alkyl carbamates (subject to hydrolysis) is 1. The highest BCUT2D eigenvalue weighted by Crippen LogP contribution is 2.17. The zero-order valence-electron chi connectivity index (χ0n) is 18.5. The van der Waals surface area contributed by atoms with Crippen molar-refractivity contribution in [3.05, 3.63) is 59.4 Å². The molecule has 0 aliphatic heterocycles. The maximum Gasteiger partial charge on any atom is 0.407 e. The van der Waals surface area contributed by atoms with Gasteiger partial charge in [0.1, 0.15) is 11.4 Å². The second-order valence-corrected chi connectivity index (χ2v) is 9.89. The van der Waals surface area contributed by atoms with Gasteiger partial charge < -0.3 is 15.4 Å². The molecule has 174 valence electrons. The zero-order valence-corrected chi connectivity index (χ0v) is 19.3. The fourth-order valence-corrected chi connectivity index (χ4v) is 3.73. The summed E-state index contributed by atoms with van der Waals surface area (Å²) in [5.41, 5.74) is 0.308. The van der Waals surface area contributed by atoms with Gasteiger partial charge in [0.15, 0.2) is 0 Å². The Kier molecular flexibility index (Phi) is 8.34. The average molecular weight is 466 g/mol. The van der Waals surface area contributed by atoms with Gasteiger partial charge in [0.2, 0.25) is 10.0 Å². The number of sulfonamides is 1. The molecular weight excluding hydrogens is 437 g/mol. The molecule has 2 rings (SSSR count). The van der Waals surface area contributed by atoms with Gasteiger partial charge in [0, 0.05) is 24.3 Å². The van der Waals surface area contributed by atoms with E-state index in [9.17, 15) is 22.4 Å². The van der Waals surface area contributed by atoms with Crippen LogP contribution in [0.1, 0.15) is 43.1 Å². The average Bonchev–Trinajstić information content (AvgIpc) is 2.69. The Hall–Kier alpha value is -2.98. The van der Waals surface area contributed by atoms with E-state index in [1.54, 1.807) is 27.7 Å². The number of amides is 2. The minimum absolute atomic E-state index is 0.0689. The van der Waals surface area contributed by atoms with Gasteiger partial charge in [0.05, 0.1) is 4.90 Å². The Balaban J connectivity index is 1.92. The van der Waals surface area contributed by atoms with E-state index in [1.807, 2.05) is 0 Å². The van der Waals surface area contributed by atoms with Crippen LogP contribution in [0.15, 0.2) is 47.4 Å². The van der Waals surface area contributed by atoms with E-state index in [2.05, 4.69) is 15.4 Å². The van der Waals surface area contributed by atoms with Crippen LogP contribution in [0.3, 0.4) is 0 Å². The number of carbonyl (C=O) groups excluding carboxylic acids is 2. The summed E-state index contributed by atoms with van der Waals surface area (Å²) in [6.07, 6.45) is -0.224. The van der Waals surface area contributed by atoms with Crippen molar-refractivity contribution in [3.63, 3.8) is 0 Å². The van der Waals surface area contributed by atoms with Crippen LogP contribution in [0.5, 0.6) is 0 Å². The molecule has 10 heteroatoms. The number of halogens is 1. The number of anilines is 1. The van der Waals surface area contributed by atoms with E-state index >= 15 is 0 Å². The lowest BCUT2D eigenvalue weighted by Gasteiger charge is -2.19. The second kappa shape index (κ2) is 10.6. The van der Waals surface area contributed by atoms with Gasteiger partial charge in [-0.25, -0.2) is 22.3 Å². The van der Waals surface area contributed by atoms with Gasteiger partial charge in [0.25, 0.3) is 5.91 Å². The Morgan fingerprint density at radius 2 is 1.78 bits per heavy atom. The quantitative estimate of drug-likeness (QED) is 0.516. The number of carbonyl (C=O) groups is 2. The molecule has 0 radical (unpaired) electrons. The molecule has 3 N–H and O–H groups in total. The molecular formula is C22H28FN3O5S. The molecule has 0 bridgehead atoms. The van der Waals surface area contributed by atoms with Crippen molar-refractivity contribution in [2.75, 3.05) is 18.4 Å². The summed E-state index contributed by atoms with van der Waals surface area (Å²) >= 11 is 0. The fraction of sp³-hybridized carbons (Fsp3) is 0.364. The van der Waals surface area contributed by atoms with Gasteiger partial charge in [-0.1, -0.05) is 6.07 Å². The van der Waals surface area contributed by atoms with Crippen molar-refractivity contribution >= 4 is 27.7 Å². The summed E-state index contributed by atoms with van der Waals surface area (Å²) in [5, 5.41) is 5.17. The van der Waals surface area contributed by atoms with E-state index in [0.29, 0.717) is 17.7 Å². The van der Waals surface area contributed by atoms with Crippen LogP contribution in [-0.2, 0) is 14.8 Å². The number of rotatable bonds is 8. The fourth-order valence-electron chi connectivity index (χ4n) is 2.61. The van der Waals surface area contributed by atoms with Crippen molar-refractivity contribution in [2.24, 2.45) is 0 Å². The van der Waals surface area contributed by atoms with Crippen molar-refractivity contribution in [3.8, 4) is 0 Å². The molecule has 0 aromatic heterocycles. The molecule has 0 heterocycles. The predicted octanol–water partition coefficient (Wildman–Crippen LogP) is 3.58. The van der Waals surface area contributed by atoms with Gasteiger partial charge in [-0.3, -0.25) is 4.79 Å². The number of ether oxygens (including phenoxy) is 1. The Morgan fingerprint density at radius 3 is 2.44 bits per heavy atom. The highest BCUT2D eigenvalue weighted by molar-refractivity contribution is 7.89. The lowest BCUT2D eigenvalue weighted by Crippen LogP contribution is -2.34. The Morgan fingerprint density at radius 1 is 1.06 bits per heavy atom. The largest absolute Gasteiger partial charge is 0.444 e. The maximum atomic E-state index is 13.4. The monoisotopic (exact) mass is 465 g/mol. The number of hydrogen-bond donors (Lipinski definition) is 3. The summed E-state index contributed by atoms with van der Waals surface area (Å²) in [7, 11) is -3.85. The second-order valence-electron chi connectivity index (χ2n) is 8.13. The third-order valence-electron chi connectivity index (χ3n) is 4.14. The minimum atomic E-state index is -3.85. The lowest BCUT2D eigenvalue weighted by molar-refractivity contribution is 0.0527. The Labute approximate surface area is 187 Å². The molecule has 2 aromatic rings. The van der Waals surface area contributed by atoms with Crippen LogP contribution in [0.2, 0.25) is 0 Å². The first kappa shape index (κ1) is 25.3. The van der Waals surface area contributed by atoms with Crippen LogP contribution in [0, 0.1) is 12.7 Å². The SMILES string of the molecule is Cc1cc(NC(=O)c2cccc(S(=O)(=O)NCCCNC(=O)OC(C)(C)C)c2)ccc1F. The molecule has 0 saturated heterocycles. The zero-order chi connectivity index (χ0) is 23.9.